The van der Waals surface area contributed by atoms with Crippen LogP contribution in [0.1, 0.15) is 50.5 Å². The fourth-order valence-corrected chi connectivity index (χ4v) is 4.14. The Balaban J connectivity index is 1.88. The summed E-state index contributed by atoms with van der Waals surface area (Å²) in [6.45, 7) is 0. The summed E-state index contributed by atoms with van der Waals surface area (Å²) >= 11 is 0. The van der Waals surface area contributed by atoms with Crippen LogP contribution in [-0.4, -0.2) is 20.2 Å². The second-order valence-electron chi connectivity index (χ2n) is 7.08. The van der Waals surface area contributed by atoms with Crippen LogP contribution in [0.4, 0.5) is 0 Å². The minimum atomic E-state index is -0.107. The second kappa shape index (κ2) is 8.37. The van der Waals surface area contributed by atoms with Gasteiger partial charge < -0.3 is 9.47 Å². The van der Waals surface area contributed by atoms with Crippen LogP contribution in [0.3, 0.4) is 0 Å². The lowest BCUT2D eigenvalue weighted by atomic mass is 9.73. The van der Waals surface area contributed by atoms with Crippen LogP contribution in [0.2, 0.25) is 0 Å². The summed E-state index contributed by atoms with van der Waals surface area (Å²) in [6, 6.07) is 8.22. The quantitative estimate of drug-likeness (QED) is 0.694. The van der Waals surface area contributed by atoms with E-state index in [0.29, 0.717) is 12.3 Å². The molecule has 3 heteroatoms. The van der Waals surface area contributed by atoms with Crippen molar-refractivity contribution in [3.05, 3.63) is 47.6 Å². The van der Waals surface area contributed by atoms with Gasteiger partial charge in [-0.25, -0.2) is 0 Å². The topological polar surface area (TPSA) is 35.5 Å². The molecule has 25 heavy (non-hydrogen) atoms. The van der Waals surface area contributed by atoms with Crippen LogP contribution in [0.15, 0.2) is 42.0 Å². The van der Waals surface area contributed by atoms with Crippen molar-refractivity contribution >= 4 is 11.5 Å². The fourth-order valence-electron chi connectivity index (χ4n) is 4.14. The molecular weight excluding hydrogens is 312 g/mol. The SMILES string of the molecule is COC(=O)CC1CC=C(c2cccc(OC)c2)C=C1C1CCCCC1. The minimum absolute atomic E-state index is 0.107. The third kappa shape index (κ3) is 4.33. The van der Waals surface area contributed by atoms with Gasteiger partial charge in [-0.15, -0.1) is 0 Å². The third-order valence-corrected chi connectivity index (χ3v) is 5.54. The van der Waals surface area contributed by atoms with Gasteiger partial charge >= 0.3 is 5.97 Å². The van der Waals surface area contributed by atoms with E-state index in [1.807, 2.05) is 12.1 Å². The van der Waals surface area contributed by atoms with Gasteiger partial charge in [0, 0.05) is 0 Å². The van der Waals surface area contributed by atoms with Crippen molar-refractivity contribution in [3.63, 3.8) is 0 Å². The van der Waals surface area contributed by atoms with Gasteiger partial charge in [0.15, 0.2) is 0 Å². The van der Waals surface area contributed by atoms with Gasteiger partial charge in [-0.05, 0) is 54.4 Å². The van der Waals surface area contributed by atoms with Gasteiger partial charge in [0.1, 0.15) is 5.75 Å². The van der Waals surface area contributed by atoms with Gasteiger partial charge in [0.25, 0.3) is 0 Å². The molecule has 1 fully saturated rings. The molecule has 134 valence electrons. The molecule has 2 aliphatic rings. The number of benzene rings is 1. The molecule has 0 saturated heterocycles. The number of rotatable bonds is 5. The predicted molar refractivity (Wildman–Crippen MR) is 100 cm³/mol. The first-order chi connectivity index (χ1) is 12.2. The number of hydrogen-bond donors (Lipinski definition) is 0. The van der Waals surface area contributed by atoms with E-state index in [1.54, 1.807) is 7.11 Å². The lowest BCUT2D eigenvalue weighted by Gasteiger charge is -2.32. The highest BCUT2D eigenvalue weighted by molar-refractivity contribution is 5.78. The molecule has 0 spiro atoms. The molecule has 0 aliphatic heterocycles. The zero-order valence-electron chi connectivity index (χ0n) is 15.3. The highest BCUT2D eigenvalue weighted by Gasteiger charge is 2.28. The van der Waals surface area contributed by atoms with Crippen LogP contribution in [0.5, 0.6) is 5.75 Å². The molecule has 0 heterocycles. The lowest BCUT2D eigenvalue weighted by Crippen LogP contribution is -2.21. The number of esters is 1. The Hall–Kier alpha value is -2.03. The number of carbonyl (C=O) groups is 1. The van der Waals surface area contributed by atoms with E-state index in [1.165, 1.54) is 55.9 Å². The van der Waals surface area contributed by atoms with Crippen molar-refractivity contribution in [3.8, 4) is 5.75 Å². The molecule has 1 aromatic rings. The summed E-state index contributed by atoms with van der Waals surface area (Å²) in [5.41, 5.74) is 3.88. The number of hydrogen-bond acceptors (Lipinski definition) is 3. The fraction of sp³-hybridized carbons (Fsp3) is 0.500. The molecule has 0 N–H and O–H groups in total. The lowest BCUT2D eigenvalue weighted by molar-refractivity contribution is -0.141. The molecule has 0 aromatic heterocycles. The summed E-state index contributed by atoms with van der Waals surface area (Å²) in [6.07, 6.45) is 12.4. The smallest absolute Gasteiger partial charge is 0.306 e. The van der Waals surface area contributed by atoms with Crippen molar-refractivity contribution in [2.24, 2.45) is 11.8 Å². The summed E-state index contributed by atoms with van der Waals surface area (Å²) in [7, 11) is 3.18. The molecule has 3 rings (SSSR count). The standard InChI is InChI=1S/C22H28O3/c1-24-20-10-6-9-17(13-20)18-11-12-19(15-22(23)25-2)21(14-18)16-7-4-3-5-8-16/h6,9-11,13-14,16,19H,3-5,7-8,12,15H2,1-2H3. The van der Waals surface area contributed by atoms with Crippen LogP contribution < -0.4 is 4.74 Å². The average molecular weight is 340 g/mol. The van der Waals surface area contributed by atoms with E-state index in [4.69, 9.17) is 9.47 Å². The molecule has 0 radical (unpaired) electrons. The van der Waals surface area contributed by atoms with Crippen molar-refractivity contribution in [2.75, 3.05) is 14.2 Å². The molecule has 1 atom stereocenters. The number of methoxy groups -OCH3 is 2. The van der Waals surface area contributed by atoms with Crippen LogP contribution in [0.25, 0.3) is 5.57 Å². The first kappa shape index (κ1) is 17.8. The molecule has 0 amide bonds. The Labute approximate surface area is 150 Å². The molecule has 1 saturated carbocycles. The number of carbonyl (C=O) groups excluding carboxylic acids is 1. The molecule has 0 bridgehead atoms. The van der Waals surface area contributed by atoms with Gasteiger partial charge in [-0.2, -0.15) is 0 Å². The third-order valence-electron chi connectivity index (χ3n) is 5.54. The molecule has 2 aliphatic carbocycles. The van der Waals surface area contributed by atoms with Crippen molar-refractivity contribution < 1.29 is 14.3 Å². The number of allylic oxidation sites excluding steroid dienone is 4. The summed E-state index contributed by atoms with van der Waals surface area (Å²) in [4.78, 5) is 11.9. The Morgan fingerprint density at radius 3 is 2.68 bits per heavy atom. The zero-order valence-corrected chi connectivity index (χ0v) is 15.3. The van der Waals surface area contributed by atoms with Gasteiger partial charge in [0.2, 0.25) is 0 Å². The summed E-state index contributed by atoms with van der Waals surface area (Å²) in [5, 5.41) is 0. The van der Waals surface area contributed by atoms with Gasteiger partial charge in [0.05, 0.1) is 20.6 Å². The first-order valence-corrected chi connectivity index (χ1v) is 9.34. The molecule has 1 unspecified atom stereocenters. The number of ether oxygens (including phenoxy) is 2. The Kier molecular flexibility index (Phi) is 5.95. The van der Waals surface area contributed by atoms with E-state index < -0.39 is 0 Å². The maximum atomic E-state index is 11.9. The Morgan fingerprint density at radius 1 is 1.16 bits per heavy atom. The summed E-state index contributed by atoms with van der Waals surface area (Å²) < 4.78 is 10.3. The highest BCUT2D eigenvalue weighted by atomic mass is 16.5. The van der Waals surface area contributed by atoms with Gasteiger partial charge in [-0.3, -0.25) is 4.79 Å². The largest absolute Gasteiger partial charge is 0.497 e. The Bertz CT molecular complexity index is 666. The first-order valence-electron chi connectivity index (χ1n) is 9.34. The van der Waals surface area contributed by atoms with Crippen LogP contribution in [-0.2, 0) is 9.53 Å². The van der Waals surface area contributed by atoms with E-state index in [9.17, 15) is 4.79 Å². The van der Waals surface area contributed by atoms with Crippen molar-refractivity contribution in [2.45, 2.75) is 44.9 Å². The zero-order chi connectivity index (χ0) is 17.6. The maximum absolute atomic E-state index is 11.9. The normalized spacial score (nSPS) is 21.3. The minimum Gasteiger partial charge on any atom is -0.497 e. The molecule has 1 aromatic carbocycles. The van der Waals surface area contributed by atoms with E-state index in [0.717, 1.165) is 12.2 Å². The van der Waals surface area contributed by atoms with Crippen LogP contribution in [0, 0.1) is 11.8 Å². The summed E-state index contributed by atoms with van der Waals surface area (Å²) in [5.74, 6) is 1.66. The van der Waals surface area contributed by atoms with E-state index >= 15 is 0 Å². The molecule has 3 nitrogen and oxygen atoms in total. The second-order valence-corrected chi connectivity index (χ2v) is 7.08. The average Bonchev–Trinajstić information content (AvgIpc) is 2.69. The van der Waals surface area contributed by atoms with E-state index in [2.05, 4.69) is 24.3 Å². The van der Waals surface area contributed by atoms with Crippen LogP contribution >= 0.6 is 0 Å². The van der Waals surface area contributed by atoms with Gasteiger partial charge in [-0.1, -0.05) is 49.1 Å². The Morgan fingerprint density at radius 2 is 1.96 bits per heavy atom. The van der Waals surface area contributed by atoms with Crippen molar-refractivity contribution in [1.29, 1.82) is 0 Å². The monoisotopic (exact) mass is 340 g/mol. The molecular formula is C22H28O3. The predicted octanol–water partition coefficient (Wildman–Crippen LogP) is 5.17. The maximum Gasteiger partial charge on any atom is 0.306 e. The highest BCUT2D eigenvalue weighted by Crippen LogP contribution is 2.41. The van der Waals surface area contributed by atoms with Crippen molar-refractivity contribution in [1.82, 2.24) is 0 Å². The van der Waals surface area contributed by atoms with E-state index in [-0.39, 0.29) is 11.9 Å².